The second-order valence-corrected chi connectivity index (χ2v) is 4.49. The van der Waals surface area contributed by atoms with Gasteiger partial charge in [-0.3, -0.25) is 0 Å². The SMILES string of the molecule is CCC1CC2CN(C)C[C@@H]2C1. The van der Waals surface area contributed by atoms with E-state index in [1.165, 1.54) is 32.4 Å². The lowest BCUT2D eigenvalue weighted by atomic mass is 10.0. The summed E-state index contributed by atoms with van der Waals surface area (Å²) in [5, 5.41) is 0. The molecule has 0 N–H and O–H groups in total. The maximum atomic E-state index is 2.50. The highest BCUT2D eigenvalue weighted by molar-refractivity contribution is 4.90. The van der Waals surface area contributed by atoms with Crippen LogP contribution in [-0.2, 0) is 0 Å². The fraction of sp³-hybridized carbons (Fsp3) is 1.00. The average Bonchev–Trinajstić information content (AvgIpc) is 2.43. The number of fused-ring (bicyclic) bond motifs is 1. The molecule has 64 valence electrons. The van der Waals surface area contributed by atoms with Crippen molar-refractivity contribution in [2.75, 3.05) is 20.1 Å². The van der Waals surface area contributed by atoms with Gasteiger partial charge in [-0.25, -0.2) is 0 Å². The Morgan fingerprint density at radius 1 is 1.18 bits per heavy atom. The lowest BCUT2D eigenvalue weighted by Gasteiger charge is -2.11. The molecule has 0 radical (unpaired) electrons. The first kappa shape index (κ1) is 7.60. The molecule has 0 bridgehead atoms. The van der Waals surface area contributed by atoms with E-state index < -0.39 is 0 Å². The Kier molecular flexibility index (Phi) is 1.92. The number of hydrogen-bond acceptors (Lipinski definition) is 1. The van der Waals surface area contributed by atoms with E-state index in [1.54, 1.807) is 0 Å². The molecule has 1 heteroatoms. The minimum Gasteiger partial charge on any atom is -0.306 e. The van der Waals surface area contributed by atoms with Crippen LogP contribution >= 0.6 is 0 Å². The Morgan fingerprint density at radius 3 is 2.18 bits per heavy atom. The summed E-state index contributed by atoms with van der Waals surface area (Å²) < 4.78 is 0. The van der Waals surface area contributed by atoms with Crippen LogP contribution in [-0.4, -0.2) is 25.0 Å². The van der Waals surface area contributed by atoms with Gasteiger partial charge in [-0.15, -0.1) is 0 Å². The second-order valence-electron chi connectivity index (χ2n) is 4.49. The quantitative estimate of drug-likeness (QED) is 0.557. The van der Waals surface area contributed by atoms with Gasteiger partial charge in [0.05, 0.1) is 0 Å². The largest absolute Gasteiger partial charge is 0.306 e. The van der Waals surface area contributed by atoms with Crippen LogP contribution in [0.2, 0.25) is 0 Å². The van der Waals surface area contributed by atoms with Crippen molar-refractivity contribution in [3.8, 4) is 0 Å². The van der Waals surface area contributed by atoms with Crippen molar-refractivity contribution < 1.29 is 0 Å². The third kappa shape index (κ3) is 1.31. The molecule has 2 rings (SSSR count). The molecule has 1 saturated carbocycles. The van der Waals surface area contributed by atoms with E-state index in [2.05, 4.69) is 18.9 Å². The van der Waals surface area contributed by atoms with Crippen LogP contribution in [0.4, 0.5) is 0 Å². The topological polar surface area (TPSA) is 3.24 Å². The van der Waals surface area contributed by atoms with Gasteiger partial charge in [0, 0.05) is 13.1 Å². The van der Waals surface area contributed by atoms with Gasteiger partial charge in [0.2, 0.25) is 0 Å². The summed E-state index contributed by atoms with van der Waals surface area (Å²) in [5.41, 5.74) is 0. The molecule has 1 saturated heterocycles. The third-order valence-electron chi connectivity index (χ3n) is 3.61. The van der Waals surface area contributed by atoms with Crippen LogP contribution in [0.3, 0.4) is 0 Å². The highest BCUT2D eigenvalue weighted by atomic mass is 15.1. The van der Waals surface area contributed by atoms with Gasteiger partial charge in [0.25, 0.3) is 0 Å². The van der Waals surface area contributed by atoms with Crippen molar-refractivity contribution in [2.45, 2.75) is 26.2 Å². The summed E-state index contributed by atoms with van der Waals surface area (Å²) in [6, 6.07) is 0. The van der Waals surface area contributed by atoms with Crippen molar-refractivity contribution in [1.82, 2.24) is 4.90 Å². The molecule has 1 nitrogen and oxygen atoms in total. The fourth-order valence-corrected chi connectivity index (χ4v) is 2.99. The minimum absolute atomic E-state index is 1.06. The van der Waals surface area contributed by atoms with Gasteiger partial charge >= 0.3 is 0 Å². The number of likely N-dealkylation sites (tertiary alicyclic amines) is 1. The van der Waals surface area contributed by atoms with E-state index in [0.717, 1.165) is 17.8 Å². The third-order valence-corrected chi connectivity index (χ3v) is 3.61. The monoisotopic (exact) mass is 153 g/mol. The summed E-state index contributed by atoms with van der Waals surface area (Å²) in [6.07, 6.45) is 4.45. The lowest BCUT2D eigenvalue weighted by Crippen LogP contribution is -2.16. The van der Waals surface area contributed by atoms with E-state index in [0.29, 0.717) is 0 Å². The van der Waals surface area contributed by atoms with Crippen LogP contribution in [0.1, 0.15) is 26.2 Å². The average molecular weight is 153 g/mol. The van der Waals surface area contributed by atoms with E-state index in [1.807, 2.05) is 0 Å². The van der Waals surface area contributed by atoms with Gasteiger partial charge in [-0.1, -0.05) is 13.3 Å². The molecule has 1 heterocycles. The van der Waals surface area contributed by atoms with Crippen molar-refractivity contribution in [3.63, 3.8) is 0 Å². The van der Waals surface area contributed by atoms with E-state index in [9.17, 15) is 0 Å². The smallest absolute Gasteiger partial charge is 0.000996 e. The van der Waals surface area contributed by atoms with Crippen LogP contribution in [0, 0.1) is 17.8 Å². The number of rotatable bonds is 1. The zero-order valence-electron chi connectivity index (χ0n) is 7.71. The summed E-state index contributed by atoms with van der Waals surface area (Å²) >= 11 is 0. The Labute approximate surface area is 69.8 Å². The first-order chi connectivity index (χ1) is 5.29. The highest BCUT2D eigenvalue weighted by Crippen LogP contribution is 2.41. The standard InChI is InChI=1S/C10H19N/c1-3-8-4-9-6-11(2)7-10(9)5-8/h8-10H,3-7H2,1-2H3/t8?,9-,10?/m0/s1. The molecule has 2 fully saturated rings. The highest BCUT2D eigenvalue weighted by Gasteiger charge is 2.38. The first-order valence-corrected chi connectivity index (χ1v) is 4.98. The normalized spacial score (nSPS) is 44.7. The molecule has 11 heavy (non-hydrogen) atoms. The Balaban J connectivity index is 1.93. The Morgan fingerprint density at radius 2 is 1.73 bits per heavy atom. The molecular formula is C10H19N. The van der Waals surface area contributed by atoms with Crippen molar-refractivity contribution >= 4 is 0 Å². The summed E-state index contributed by atoms with van der Waals surface area (Å²) in [6.45, 7) is 5.10. The van der Waals surface area contributed by atoms with Gasteiger partial charge in [0.1, 0.15) is 0 Å². The van der Waals surface area contributed by atoms with Gasteiger partial charge in [0.15, 0.2) is 0 Å². The van der Waals surface area contributed by atoms with Gasteiger partial charge < -0.3 is 4.90 Å². The molecule has 0 aromatic heterocycles. The molecule has 3 atom stereocenters. The van der Waals surface area contributed by atoms with Crippen LogP contribution in [0.25, 0.3) is 0 Å². The summed E-state index contributed by atoms with van der Waals surface area (Å²) in [4.78, 5) is 2.50. The molecule has 0 aromatic carbocycles. The molecular weight excluding hydrogens is 134 g/mol. The minimum atomic E-state index is 1.06. The maximum absolute atomic E-state index is 2.50. The predicted octanol–water partition coefficient (Wildman–Crippen LogP) is 1.98. The number of hydrogen-bond donors (Lipinski definition) is 0. The lowest BCUT2D eigenvalue weighted by molar-refractivity contribution is 0.351. The van der Waals surface area contributed by atoms with Crippen molar-refractivity contribution in [2.24, 2.45) is 17.8 Å². The van der Waals surface area contributed by atoms with Gasteiger partial charge in [-0.2, -0.15) is 0 Å². The fourth-order valence-electron chi connectivity index (χ4n) is 2.99. The van der Waals surface area contributed by atoms with Crippen LogP contribution in [0.15, 0.2) is 0 Å². The second kappa shape index (κ2) is 2.78. The Hall–Kier alpha value is -0.0400. The van der Waals surface area contributed by atoms with E-state index >= 15 is 0 Å². The van der Waals surface area contributed by atoms with E-state index in [-0.39, 0.29) is 0 Å². The molecule has 0 amide bonds. The molecule has 2 unspecified atom stereocenters. The molecule has 0 spiro atoms. The van der Waals surface area contributed by atoms with Gasteiger partial charge in [-0.05, 0) is 37.6 Å². The molecule has 2 aliphatic rings. The van der Waals surface area contributed by atoms with Crippen molar-refractivity contribution in [1.29, 1.82) is 0 Å². The zero-order chi connectivity index (χ0) is 7.84. The zero-order valence-corrected chi connectivity index (χ0v) is 7.71. The first-order valence-electron chi connectivity index (χ1n) is 4.98. The van der Waals surface area contributed by atoms with Crippen molar-refractivity contribution in [3.05, 3.63) is 0 Å². The number of nitrogens with zero attached hydrogens (tertiary/aromatic N) is 1. The molecule has 1 aliphatic heterocycles. The summed E-state index contributed by atoms with van der Waals surface area (Å²) in [5.74, 6) is 3.19. The van der Waals surface area contributed by atoms with E-state index in [4.69, 9.17) is 0 Å². The molecule has 0 aromatic rings. The van der Waals surface area contributed by atoms with Crippen LogP contribution < -0.4 is 0 Å². The predicted molar refractivity (Wildman–Crippen MR) is 47.5 cm³/mol. The Bertz CT molecular complexity index is 130. The van der Waals surface area contributed by atoms with Crippen LogP contribution in [0.5, 0.6) is 0 Å². The summed E-state index contributed by atoms with van der Waals surface area (Å²) in [7, 11) is 2.26. The molecule has 1 aliphatic carbocycles. The maximum Gasteiger partial charge on any atom is 0.000996 e.